The van der Waals surface area contributed by atoms with Gasteiger partial charge in [-0.15, -0.1) is 0 Å². The molecule has 3 aromatic rings. The Morgan fingerprint density at radius 1 is 0.944 bits per heavy atom. The maximum absolute atomic E-state index is 13.3. The fraction of sp³-hybridized carbons (Fsp3) is 0.290. The van der Waals surface area contributed by atoms with E-state index in [2.05, 4.69) is 76.2 Å². The lowest BCUT2D eigenvalue weighted by Gasteiger charge is -2.44. The summed E-state index contributed by atoms with van der Waals surface area (Å²) in [5.74, 6) is 0. The molecule has 2 atom stereocenters. The van der Waals surface area contributed by atoms with Gasteiger partial charge in [-0.2, -0.15) is 0 Å². The van der Waals surface area contributed by atoms with Crippen LogP contribution in [0, 0.1) is 6.92 Å². The van der Waals surface area contributed by atoms with Gasteiger partial charge in [0.2, 0.25) is 0 Å². The standard InChI is InChI=1S/C31H38O3SSi/c1-25-18-21-28(22-19-25)35(33)27(13-12-24-32)23-20-26(2)34-36(31(3,4)5,29-14-8-6-9-15-29)30-16-10-7-11-17-30/h6-19,21-23,26,32H,20,24H2,1-5H3/b13-12-,27-23-/t26?,35-/m1/s1. The summed E-state index contributed by atoms with van der Waals surface area (Å²) >= 11 is 0. The van der Waals surface area contributed by atoms with Crippen LogP contribution in [0.2, 0.25) is 5.04 Å². The molecule has 1 unspecified atom stereocenters. The Balaban J connectivity index is 1.97. The fourth-order valence-electron chi connectivity index (χ4n) is 4.50. The van der Waals surface area contributed by atoms with Gasteiger partial charge in [-0.1, -0.05) is 111 Å². The van der Waals surface area contributed by atoms with Crippen molar-refractivity contribution in [3.63, 3.8) is 0 Å². The molecule has 190 valence electrons. The smallest absolute Gasteiger partial charge is 0.261 e. The molecule has 0 amide bonds. The highest BCUT2D eigenvalue weighted by Crippen LogP contribution is 2.38. The molecule has 0 saturated carbocycles. The van der Waals surface area contributed by atoms with Gasteiger partial charge in [0, 0.05) is 15.9 Å². The predicted octanol–water partition coefficient (Wildman–Crippen LogP) is 5.89. The first-order valence-electron chi connectivity index (χ1n) is 12.4. The number of aliphatic hydroxyl groups excluding tert-OH is 1. The minimum atomic E-state index is -2.67. The van der Waals surface area contributed by atoms with Gasteiger partial charge in [0.25, 0.3) is 8.32 Å². The molecular weight excluding hydrogens is 480 g/mol. The third kappa shape index (κ3) is 6.59. The van der Waals surface area contributed by atoms with E-state index in [1.54, 1.807) is 12.2 Å². The summed E-state index contributed by atoms with van der Waals surface area (Å²) < 4.78 is 20.5. The monoisotopic (exact) mass is 518 g/mol. The molecule has 3 rings (SSSR count). The van der Waals surface area contributed by atoms with Crippen molar-refractivity contribution in [2.75, 3.05) is 6.61 Å². The van der Waals surface area contributed by atoms with Gasteiger partial charge in [0.05, 0.1) is 17.4 Å². The van der Waals surface area contributed by atoms with Crippen LogP contribution in [0.3, 0.4) is 0 Å². The molecule has 0 aliphatic rings. The lowest BCUT2D eigenvalue weighted by Crippen LogP contribution is -2.67. The minimum absolute atomic E-state index is 0.101. The zero-order valence-corrected chi connectivity index (χ0v) is 23.8. The van der Waals surface area contributed by atoms with Crippen molar-refractivity contribution in [1.29, 1.82) is 0 Å². The molecule has 0 radical (unpaired) electrons. The normalized spacial score (nSPS) is 14.7. The Morgan fingerprint density at radius 3 is 1.94 bits per heavy atom. The molecule has 0 saturated heterocycles. The summed E-state index contributed by atoms with van der Waals surface area (Å²) in [6, 6.07) is 28.9. The van der Waals surface area contributed by atoms with E-state index in [1.807, 2.05) is 49.4 Å². The van der Waals surface area contributed by atoms with Crippen LogP contribution < -0.4 is 10.4 Å². The molecule has 0 aliphatic carbocycles. The number of hydrogen-bond donors (Lipinski definition) is 1. The first-order valence-corrected chi connectivity index (χ1v) is 15.5. The van der Waals surface area contributed by atoms with E-state index in [0.717, 1.165) is 10.5 Å². The molecule has 3 nitrogen and oxygen atoms in total. The fourth-order valence-corrected chi connectivity index (χ4v) is 10.3. The van der Waals surface area contributed by atoms with E-state index in [1.165, 1.54) is 10.4 Å². The maximum Gasteiger partial charge on any atom is 0.261 e. The van der Waals surface area contributed by atoms with Crippen LogP contribution in [-0.2, 0) is 15.2 Å². The first kappa shape index (κ1) is 28.0. The van der Waals surface area contributed by atoms with Gasteiger partial charge < -0.3 is 9.53 Å². The van der Waals surface area contributed by atoms with Crippen molar-refractivity contribution in [3.05, 3.63) is 114 Å². The summed E-state index contributed by atoms with van der Waals surface area (Å²) in [4.78, 5) is 1.42. The Labute approximate surface area is 220 Å². The molecule has 0 fully saturated rings. The molecule has 1 N–H and O–H groups in total. The Bertz CT molecular complexity index is 1140. The van der Waals surface area contributed by atoms with Crippen molar-refractivity contribution in [1.82, 2.24) is 0 Å². The number of hydrogen-bond acceptors (Lipinski definition) is 3. The molecule has 0 bridgehead atoms. The summed E-state index contributed by atoms with van der Waals surface area (Å²) in [5, 5.41) is 11.7. The average molecular weight is 519 g/mol. The second-order valence-corrected chi connectivity index (χ2v) is 15.8. The van der Waals surface area contributed by atoms with E-state index < -0.39 is 19.1 Å². The van der Waals surface area contributed by atoms with E-state index in [9.17, 15) is 9.32 Å². The number of benzene rings is 3. The quantitative estimate of drug-likeness (QED) is 0.269. The number of rotatable bonds is 10. The van der Waals surface area contributed by atoms with Gasteiger partial charge in [-0.25, -0.2) is 4.21 Å². The van der Waals surface area contributed by atoms with E-state index >= 15 is 0 Å². The van der Waals surface area contributed by atoms with Gasteiger partial charge >= 0.3 is 0 Å². The van der Waals surface area contributed by atoms with Crippen molar-refractivity contribution >= 4 is 29.5 Å². The van der Waals surface area contributed by atoms with Crippen molar-refractivity contribution in [2.24, 2.45) is 0 Å². The molecule has 5 heteroatoms. The molecule has 0 aliphatic heterocycles. The second-order valence-electron chi connectivity index (χ2n) is 10.1. The highest BCUT2D eigenvalue weighted by atomic mass is 32.2. The van der Waals surface area contributed by atoms with Gasteiger partial charge in [0.1, 0.15) is 0 Å². The number of aliphatic hydroxyl groups is 1. The van der Waals surface area contributed by atoms with E-state index in [0.29, 0.717) is 11.3 Å². The van der Waals surface area contributed by atoms with E-state index in [-0.39, 0.29) is 17.7 Å². The van der Waals surface area contributed by atoms with Crippen LogP contribution in [0.15, 0.2) is 113 Å². The topological polar surface area (TPSA) is 46.5 Å². The van der Waals surface area contributed by atoms with Crippen molar-refractivity contribution in [2.45, 2.75) is 57.1 Å². The van der Waals surface area contributed by atoms with Crippen molar-refractivity contribution in [3.8, 4) is 0 Å². The summed E-state index contributed by atoms with van der Waals surface area (Å²) in [6.07, 6.45) is 5.87. The van der Waals surface area contributed by atoms with Gasteiger partial charge in [-0.05, 0) is 53.9 Å². The Hall–Kier alpha value is -2.57. The van der Waals surface area contributed by atoms with Gasteiger partial charge in [-0.3, -0.25) is 0 Å². The van der Waals surface area contributed by atoms with Crippen LogP contribution in [0.25, 0.3) is 0 Å². The number of allylic oxidation sites excluding steroid dienone is 1. The van der Waals surface area contributed by atoms with Gasteiger partial charge in [0.15, 0.2) is 0 Å². The number of aryl methyl sites for hydroxylation is 1. The molecule has 3 aromatic carbocycles. The molecule has 0 heterocycles. The molecule has 0 spiro atoms. The molecule has 0 aromatic heterocycles. The van der Waals surface area contributed by atoms with Crippen LogP contribution >= 0.6 is 0 Å². The van der Waals surface area contributed by atoms with Crippen LogP contribution in [0.4, 0.5) is 0 Å². The minimum Gasteiger partial charge on any atom is -0.404 e. The Kier molecular flexibility index (Phi) is 9.80. The first-order chi connectivity index (χ1) is 17.2. The predicted molar refractivity (Wildman–Crippen MR) is 155 cm³/mol. The highest BCUT2D eigenvalue weighted by molar-refractivity contribution is 7.89. The second kappa shape index (κ2) is 12.6. The third-order valence-corrected chi connectivity index (χ3v) is 12.9. The third-order valence-electron chi connectivity index (χ3n) is 6.28. The maximum atomic E-state index is 13.3. The summed E-state index contributed by atoms with van der Waals surface area (Å²) in [6.45, 7) is 10.8. The molecule has 36 heavy (non-hydrogen) atoms. The van der Waals surface area contributed by atoms with Crippen LogP contribution in [0.1, 0.15) is 39.7 Å². The lowest BCUT2D eigenvalue weighted by molar-refractivity contribution is 0.209. The van der Waals surface area contributed by atoms with Crippen LogP contribution in [-0.4, -0.2) is 30.3 Å². The lowest BCUT2D eigenvalue weighted by atomic mass is 10.2. The summed E-state index contributed by atoms with van der Waals surface area (Å²) in [7, 11) is -4.01. The SMILES string of the molecule is Cc1ccc([S@](=O)C(/C=C\CO)=C\CC(C)O[Si](c2ccccc2)(c2ccccc2)C(C)(C)C)cc1. The zero-order chi connectivity index (χ0) is 26.2. The molecular formula is C31H38O3SSi. The Morgan fingerprint density at radius 2 is 1.47 bits per heavy atom. The zero-order valence-electron chi connectivity index (χ0n) is 22.0. The summed E-state index contributed by atoms with van der Waals surface area (Å²) in [5.41, 5.74) is 1.12. The highest BCUT2D eigenvalue weighted by Gasteiger charge is 2.50. The average Bonchev–Trinajstić information content (AvgIpc) is 2.87. The largest absolute Gasteiger partial charge is 0.404 e. The van der Waals surface area contributed by atoms with Crippen molar-refractivity contribution < 1.29 is 13.7 Å². The van der Waals surface area contributed by atoms with Crippen LogP contribution in [0.5, 0.6) is 0 Å². The van der Waals surface area contributed by atoms with E-state index in [4.69, 9.17) is 4.43 Å².